The minimum atomic E-state index is -0.746. The molecule has 6 rings (SSSR count). The first-order chi connectivity index (χ1) is 21.4. The van der Waals surface area contributed by atoms with E-state index in [0.29, 0.717) is 48.6 Å². The molecule has 2 heterocycles. The van der Waals surface area contributed by atoms with Gasteiger partial charge in [-0.25, -0.2) is 9.79 Å². The largest absolute Gasteiger partial charge is 0.488 e. The molecular formula is C35H26Cl2N2O4S. The van der Waals surface area contributed by atoms with Crippen molar-refractivity contribution >= 4 is 52.3 Å². The van der Waals surface area contributed by atoms with Crippen LogP contribution in [0.5, 0.6) is 5.75 Å². The van der Waals surface area contributed by atoms with Gasteiger partial charge in [0.1, 0.15) is 12.4 Å². The number of hydrogen-bond acceptors (Lipinski definition) is 6. The maximum Gasteiger partial charge on any atom is 0.338 e. The molecule has 0 saturated heterocycles. The minimum Gasteiger partial charge on any atom is -0.488 e. The molecule has 1 aliphatic rings. The van der Waals surface area contributed by atoms with Crippen molar-refractivity contribution in [3.05, 3.63) is 161 Å². The summed E-state index contributed by atoms with van der Waals surface area (Å²) in [5.74, 6) is 0.0398. The maximum atomic E-state index is 14.2. The summed E-state index contributed by atoms with van der Waals surface area (Å²) in [6.45, 7) is 2.24. The third-order valence-corrected chi connectivity index (χ3v) is 8.53. The van der Waals surface area contributed by atoms with Crippen molar-refractivity contribution in [2.75, 3.05) is 6.61 Å². The van der Waals surface area contributed by atoms with Crippen LogP contribution in [0.4, 0.5) is 0 Å². The lowest BCUT2D eigenvalue weighted by atomic mass is 9.93. The number of fused-ring (bicyclic) bond motifs is 1. The van der Waals surface area contributed by atoms with E-state index in [2.05, 4.69) is 0 Å². The van der Waals surface area contributed by atoms with Crippen LogP contribution in [0.1, 0.15) is 35.2 Å². The molecule has 0 spiro atoms. The summed E-state index contributed by atoms with van der Waals surface area (Å²) in [6.07, 6.45) is 1.76. The van der Waals surface area contributed by atoms with E-state index in [0.717, 1.165) is 16.7 Å². The van der Waals surface area contributed by atoms with Gasteiger partial charge in [0.2, 0.25) is 0 Å². The van der Waals surface area contributed by atoms with Crippen LogP contribution in [0.2, 0.25) is 10.0 Å². The molecule has 4 aromatic carbocycles. The summed E-state index contributed by atoms with van der Waals surface area (Å²) in [7, 11) is 0. The van der Waals surface area contributed by atoms with Crippen molar-refractivity contribution in [3.63, 3.8) is 0 Å². The van der Waals surface area contributed by atoms with Crippen molar-refractivity contribution in [1.29, 1.82) is 0 Å². The Morgan fingerprint density at radius 1 is 0.932 bits per heavy atom. The fourth-order valence-electron chi connectivity index (χ4n) is 5.04. The zero-order chi connectivity index (χ0) is 30.6. The SMILES string of the molecule is CCOC(=O)C1=C(c2ccccc2)N=c2s/c(=C\c3cc(Cl)ccc3OCc3ccc(Cl)cc3)c(=O)n2[C@H]1c1ccccc1. The summed E-state index contributed by atoms with van der Waals surface area (Å²) in [5.41, 5.74) is 3.58. The molecule has 0 fully saturated rings. The van der Waals surface area contributed by atoms with Gasteiger partial charge in [-0.05, 0) is 54.5 Å². The highest BCUT2D eigenvalue weighted by Gasteiger charge is 2.35. The standard InChI is InChI=1S/C35H26Cl2N2O4S/c1-2-42-34(41)30-31(23-9-5-3-6-10-23)38-35-39(32(30)24-11-7-4-8-12-24)33(40)29(44-35)20-25-19-27(37)17-18-28(25)43-21-22-13-15-26(36)16-14-22/h3-20,32H,2,21H2,1H3/b29-20-/t32-/m0/s1. The molecule has 0 saturated carbocycles. The van der Waals surface area contributed by atoms with Gasteiger partial charge >= 0.3 is 5.97 Å². The Bertz CT molecular complexity index is 2040. The van der Waals surface area contributed by atoms with E-state index in [1.807, 2.05) is 72.8 Å². The molecular weight excluding hydrogens is 615 g/mol. The highest BCUT2D eigenvalue weighted by molar-refractivity contribution is 7.07. The van der Waals surface area contributed by atoms with Crippen LogP contribution >= 0.6 is 34.5 Å². The number of benzene rings is 4. The second-order valence-corrected chi connectivity index (χ2v) is 11.8. The van der Waals surface area contributed by atoms with E-state index in [9.17, 15) is 9.59 Å². The van der Waals surface area contributed by atoms with Crippen LogP contribution in [0.15, 0.2) is 118 Å². The van der Waals surface area contributed by atoms with Gasteiger partial charge in [-0.15, -0.1) is 0 Å². The Morgan fingerprint density at radius 3 is 2.32 bits per heavy atom. The molecule has 0 unspecified atom stereocenters. The number of esters is 1. The van der Waals surface area contributed by atoms with E-state index in [-0.39, 0.29) is 12.2 Å². The third-order valence-electron chi connectivity index (χ3n) is 7.06. The number of halogens is 2. The van der Waals surface area contributed by atoms with Crippen LogP contribution in [-0.2, 0) is 16.1 Å². The number of carbonyl (C=O) groups excluding carboxylic acids is 1. The number of aromatic nitrogens is 1. The zero-order valence-corrected chi connectivity index (χ0v) is 25.9. The van der Waals surface area contributed by atoms with Crippen molar-refractivity contribution in [2.24, 2.45) is 4.99 Å². The van der Waals surface area contributed by atoms with Crippen molar-refractivity contribution in [1.82, 2.24) is 4.57 Å². The summed E-state index contributed by atoms with van der Waals surface area (Å²) in [6, 6.07) is 30.8. The monoisotopic (exact) mass is 640 g/mol. The van der Waals surface area contributed by atoms with E-state index < -0.39 is 12.0 Å². The number of thiazole rings is 1. The number of rotatable bonds is 8. The zero-order valence-electron chi connectivity index (χ0n) is 23.6. The fourth-order valence-corrected chi connectivity index (χ4v) is 6.34. The number of carbonyl (C=O) groups is 1. The molecule has 0 aliphatic carbocycles. The molecule has 9 heteroatoms. The maximum absolute atomic E-state index is 14.2. The van der Waals surface area contributed by atoms with Gasteiger partial charge in [0.05, 0.1) is 28.5 Å². The molecule has 1 atom stereocenters. The summed E-state index contributed by atoms with van der Waals surface area (Å²) in [5, 5.41) is 1.15. The molecule has 44 heavy (non-hydrogen) atoms. The van der Waals surface area contributed by atoms with E-state index in [1.54, 1.807) is 47.9 Å². The van der Waals surface area contributed by atoms with Gasteiger partial charge in [0.15, 0.2) is 4.80 Å². The van der Waals surface area contributed by atoms with Gasteiger partial charge in [0, 0.05) is 21.2 Å². The lowest BCUT2D eigenvalue weighted by Gasteiger charge is -2.25. The van der Waals surface area contributed by atoms with Crippen LogP contribution in [0.25, 0.3) is 11.8 Å². The second-order valence-electron chi connectivity index (χ2n) is 9.94. The van der Waals surface area contributed by atoms with Gasteiger partial charge in [-0.1, -0.05) is 107 Å². The molecule has 1 aliphatic heterocycles. The Kier molecular flexibility index (Phi) is 8.79. The highest BCUT2D eigenvalue weighted by Crippen LogP contribution is 2.35. The second kappa shape index (κ2) is 13.1. The first-order valence-electron chi connectivity index (χ1n) is 13.9. The fraction of sp³-hybridized carbons (Fsp3) is 0.114. The minimum absolute atomic E-state index is 0.184. The molecule has 6 nitrogen and oxygen atoms in total. The Morgan fingerprint density at radius 2 is 1.61 bits per heavy atom. The average Bonchev–Trinajstić information content (AvgIpc) is 3.35. The van der Waals surface area contributed by atoms with Crippen molar-refractivity contribution < 1.29 is 14.3 Å². The Hall–Kier alpha value is -4.43. The molecule has 5 aromatic rings. The Labute approximate surface area is 267 Å². The van der Waals surface area contributed by atoms with Crippen molar-refractivity contribution in [2.45, 2.75) is 19.6 Å². The van der Waals surface area contributed by atoms with E-state index in [4.69, 9.17) is 37.7 Å². The van der Waals surface area contributed by atoms with Gasteiger partial charge < -0.3 is 9.47 Å². The van der Waals surface area contributed by atoms with Crippen molar-refractivity contribution in [3.8, 4) is 5.75 Å². The lowest BCUT2D eigenvalue weighted by molar-refractivity contribution is -0.138. The molecule has 0 amide bonds. The summed E-state index contributed by atoms with van der Waals surface area (Å²) < 4.78 is 13.7. The van der Waals surface area contributed by atoms with E-state index >= 15 is 0 Å². The van der Waals surface area contributed by atoms with Crippen LogP contribution < -0.4 is 19.6 Å². The number of hydrogen-bond donors (Lipinski definition) is 0. The van der Waals surface area contributed by atoms with Crippen LogP contribution in [0, 0.1) is 0 Å². The predicted octanol–water partition coefficient (Wildman–Crippen LogP) is 6.82. The quantitative estimate of drug-likeness (QED) is 0.175. The van der Waals surface area contributed by atoms with Crippen LogP contribution in [0.3, 0.4) is 0 Å². The van der Waals surface area contributed by atoms with Gasteiger partial charge in [0.25, 0.3) is 5.56 Å². The number of nitrogens with zero attached hydrogens (tertiary/aromatic N) is 2. The first-order valence-corrected chi connectivity index (χ1v) is 15.5. The van der Waals surface area contributed by atoms with E-state index in [1.165, 1.54) is 11.3 Å². The van der Waals surface area contributed by atoms with Gasteiger partial charge in [-0.3, -0.25) is 9.36 Å². The lowest BCUT2D eigenvalue weighted by Crippen LogP contribution is -2.40. The molecule has 0 bridgehead atoms. The molecule has 0 N–H and O–H groups in total. The smallest absolute Gasteiger partial charge is 0.338 e. The number of ether oxygens (including phenoxy) is 2. The predicted molar refractivity (Wildman–Crippen MR) is 175 cm³/mol. The first kappa shape index (κ1) is 29.6. The molecule has 1 aromatic heterocycles. The molecule has 0 radical (unpaired) electrons. The van der Waals surface area contributed by atoms with Crippen LogP contribution in [-0.4, -0.2) is 17.1 Å². The summed E-state index contributed by atoms with van der Waals surface area (Å²) >= 11 is 13.7. The summed E-state index contributed by atoms with van der Waals surface area (Å²) in [4.78, 5) is 33.1. The highest BCUT2D eigenvalue weighted by atomic mass is 35.5. The topological polar surface area (TPSA) is 69.9 Å². The molecule has 220 valence electrons. The van der Waals surface area contributed by atoms with Gasteiger partial charge in [-0.2, -0.15) is 0 Å². The average molecular weight is 642 g/mol. The third kappa shape index (κ3) is 6.13. The Balaban J connectivity index is 1.52. The normalized spacial score (nSPS) is 14.6.